The molecule has 2 amide bonds. The first kappa shape index (κ1) is 21.8. The minimum Gasteiger partial charge on any atom is -0.368 e. The van der Waals surface area contributed by atoms with Crippen molar-refractivity contribution in [2.45, 2.75) is 20.4 Å². The molecule has 0 bridgehead atoms. The molecular weight excluding hydrogens is 426 g/mol. The van der Waals surface area contributed by atoms with Crippen molar-refractivity contribution in [3.05, 3.63) is 64.1 Å². The molecule has 3 aromatic rings. The molecular formula is C23H25N5O3S. The lowest BCUT2D eigenvalue weighted by atomic mass is 10.1. The fourth-order valence-corrected chi connectivity index (χ4v) is 4.51. The van der Waals surface area contributed by atoms with Crippen LogP contribution < -0.4 is 10.2 Å². The van der Waals surface area contributed by atoms with Crippen molar-refractivity contribution in [2.75, 3.05) is 36.4 Å². The SMILES string of the molecule is CC(=O)c1ccc(C(=O)Nc2cnn(CC(=O)N3CCN(c4ccccc4C)CC3)c2)s1. The van der Waals surface area contributed by atoms with Gasteiger partial charge in [0, 0.05) is 38.1 Å². The maximum absolute atomic E-state index is 12.7. The number of ketones is 1. The number of amides is 2. The number of carbonyl (C=O) groups excluding carboxylic acids is 3. The zero-order chi connectivity index (χ0) is 22.7. The van der Waals surface area contributed by atoms with E-state index < -0.39 is 0 Å². The average Bonchev–Trinajstić information content (AvgIpc) is 3.44. The summed E-state index contributed by atoms with van der Waals surface area (Å²) >= 11 is 1.15. The van der Waals surface area contributed by atoms with Crippen molar-refractivity contribution in [3.63, 3.8) is 0 Å². The van der Waals surface area contributed by atoms with Crippen molar-refractivity contribution in [3.8, 4) is 0 Å². The first-order valence-electron chi connectivity index (χ1n) is 10.4. The number of para-hydroxylation sites is 1. The number of hydrogen-bond donors (Lipinski definition) is 1. The van der Waals surface area contributed by atoms with Gasteiger partial charge in [-0.2, -0.15) is 5.10 Å². The van der Waals surface area contributed by atoms with Crippen LogP contribution in [0.2, 0.25) is 0 Å². The Hall–Kier alpha value is -3.46. The average molecular weight is 452 g/mol. The predicted octanol–water partition coefficient (Wildman–Crippen LogP) is 3.06. The number of nitrogens with zero attached hydrogens (tertiary/aromatic N) is 4. The maximum atomic E-state index is 12.7. The monoisotopic (exact) mass is 451 g/mol. The fourth-order valence-electron chi connectivity index (χ4n) is 3.71. The van der Waals surface area contributed by atoms with Gasteiger partial charge in [0.1, 0.15) is 6.54 Å². The normalized spacial score (nSPS) is 13.8. The Morgan fingerprint density at radius 3 is 2.44 bits per heavy atom. The van der Waals surface area contributed by atoms with Gasteiger partial charge >= 0.3 is 0 Å². The largest absolute Gasteiger partial charge is 0.368 e. The second-order valence-corrected chi connectivity index (χ2v) is 8.84. The molecule has 0 aliphatic carbocycles. The zero-order valence-corrected chi connectivity index (χ0v) is 18.9. The van der Waals surface area contributed by atoms with Crippen molar-refractivity contribution in [1.82, 2.24) is 14.7 Å². The van der Waals surface area contributed by atoms with Gasteiger partial charge in [0.15, 0.2) is 5.78 Å². The highest BCUT2D eigenvalue weighted by Gasteiger charge is 2.22. The van der Waals surface area contributed by atoms with Crippen LogP contribution in [0.25, 0.3) is 0 Å². The number of nitrogens with one attached hydrogen (secondary N) is 1. The first-order chi connectivity index (χ1) is 15.4. The third-order valence-electron chi connectivity index (χ3n) is 5.45. The van der Waals surface area contributed by atoms with Crippen molar-refractivity contribution in [1.29, 1.82) is 0 Å². The van der Waals surface area contributed by atoms with Gasteiger partial charge in [0.25, 0.3) is 5.91 Å². The molecule has 3 heterocycles. The standard InChI is InChI=1S/C23H25N5O3S/c1-16-5-3-4-6-19(16)26-9-11-27(12-10-26)22(30)15-28-14-18(13-24-28)25-23(31)21-8-7-20(32-21)17(2)29/h3-8,13-14H,9-12,15H2,1-2H3,(H,25,31). The Balaban J connectivity index is 1.30. The van der Waals surface area contributed by atoms with E-state index in [1.54, 1.807) is 18.3 Å². The fraction of sp³-hybridized carbons (Fsp3) is 0.304. The van der Waals surface area contributed by atoms with Gasteiger partial charge in [-0.3, -0.25) is 19.1 Å². The molecule has 1 aliphatic rings. The van der Waals surface area contributed by atoms with Crippen LogP contribution in [0, 0.1) is 6.92 Å². The van der Waals surface area contributed by atoms with E-state index >= 15 is 0 Å². The quantitative estimate of drug-likeness (QED) is 0.582. The lowest BCUT2D eigenvalue weighted by Crippen LogP contribution is -2.49. The maximum Gasteiger partial charge on any atom is 0.265 e. The van der Waals surface area contributed by atoms with E-state index in [2.05, 4.69) is 34.4 Å². The summed E-state index contributed by atoms with van der Waals surface area (Å²) in [6.07, 6.45) is 3.15. The molecule has 32 heavy (non-hydrogen) atoms. The number of anilines is 2. The minimum atomic E-state index is -0.305. The second kappa shape index (κ2) is 9.35. The van der Waals surface area contributed by atoms with Crippen molar-refractivity contribution < 1.29 is 14.4 Å². The molecule has 0 spiro atoms. The van der Waals surface area contributed by atoms with Gasteiger partial charge < -0.3 is 15.1 Å². The highest BCUT2D eigenvalue weighted by Crippen LogP contribution is 2.21. The Labute approximate surface area is 190 Å². The van der Waals surface area contributed by atoms with Gasteiger partial charge in [-0.25, -0.2) is 0 Å². The number of benzene rings is 1. The third-order valence-corrected chi connectivity index (χ3v) is 6.64. The number of thiophene rings is 1. The van der Waals surface area contributed by atoms with Crippen LogP contribution in [-0.4, -0.2) is 58.5 Å². The van der Waals surface area contributed by atoms with Crippen LogP contribution in [0.4, 0.5) is 11.4 Å². The number of Topliss-reactive ketones (excluding diaryl/α,β-unsaturated/α-hetero) is 1. The molecule has 0 saturated carbocycles. The molecule has 1 N–H and O–H groups in total. The van der Waals surface area contributed by atoms with Gasteiger partial charge in [0.05, 0.1) is 21.6 Å². The molecule has 0 unspecified atom stereocenters. The summed E-state index contributed by atoms with van der Waals surface area (Å²) in [4.78, 5) is 41.7. The smallest absolute Gasteiger partial charge is 0.265 e. The molecule has 1 aromatic carbocycles. The summed E-state index contributed by atoms with van der Waals surface area (Å²) in [6.45, 7) is 6.59. The lowest BCUT2D eigenvalue weighted by molar-refractivity contribution is -0.132. The summed E-state index contributed by atoms with van der Waals surface area (Å²) in [5, 5.41) is 6.96. The topological polar surface area (TPSA) is 87.5 Å². The number of aryl methyl sites for hydroxylation is 1. The summed E-state index contributed by atoms with van der Waals surface area (Å²) in [6, 6.07) is 11.5. The van der Waals surface area contributed by atoms with Gasteiger partial charge in [0.2, 0.25) is 5.91 Å². The van der Waals surface area contributed by atoms with E-state index in [0.717, 1.165) is 24.4 Å². The zero-order valence-electron chi connectivity index (χ0n) is 18.1. The van der Waals surface area contributed by atoms with Crippen LogP contribution in [0.5, 0.6) is 0 Å². The van der Waals surface area contributed by atoms with Crippen LogP contribution >= 0.6 is 11.3 Å². The number of aromatic nitrogens is 2. The summed E-state index contributed by atoms with van der Waals surface area (Å²) in [5.41, 5.74) is 2.96. The number of piperazine rings is 1. The van der Waals surface area contributed by atoms with Crippen LogP contribution in [0.15, 0.2) is 48.8 Å². The second-order valence-electron chi connectivity index (χ2n) is 7.76. The highest BCUT2D eigenvalue weighted by molar-refractivity contribution is 7.16. The Bertz CT molecular complexity index is 1140. The molecule has 2 aromatic heterocycles. The van der Waals surface area contributed by atoms with E-state index in [0.29, 0.717) is 28.5 Å². The molecule has 0 radical (unpaired) electrons. The van der Waals surface area contributed by atoms with E-state index in [1.165, 1.54) is 29.1 Å². The molecule has 166 valence electrons. The first-order valence-corrected chi connectivity index (χ1v) is 11.3. The van der Waals surface area contributed by atoms with Gasteiger partial charge in [-0.1, -0.05) is 18.2 Å². The van der Waals surface area contributed by atoms with Crippen LogP contribution in [0.1, 0.15) is 31.8 Å². The Morgan fingerprint density at radius 1 is 1.03 bits per heavy atom. The predicted molar refractivity (Wildman–Crippen MR) is 124 cm³/mol. The molecule has 1 fully saturated rings. The molecule has 1 saturated heterocycles. The van der Waals surface area contributed by atoms with Crippen molar-refractivity contribution >= 4 is 40.3 Å². The van der Waals surface area contributed by atoms with Crippen molar-refractivity contribution in [2.24, 2.45) is 0 Å². The Morgan fingerprint density at radius 2 is 1.75 bits per heavy atom. The molecule has 8 nitrogen and oxygen atoms in total. The van der Waals surface area contributed by atoms with E-state index in [-0.39, 0.29) is 24.1 Å². The lowest BCUT2D eigenvalue weighted by Gasteiger charge is -2.36. The van der Waals surface area contributed by atoms with E-state index in [1.807, 2.05) is 17.0 Å². The van der Waals surface area contributed by atoms with E-state index in [9.17, 15) is 14.4 Å². The van der Waals surface area contributed by atoms with Gasteiger partial charge in [-0.05, 0) is 37.6 Å². The Kier molecular flexibility index (Phi) is 6.36. The summed E-state index contributed by atoms with van der Waals surface area (Å²) in [7, 11) is 0. The number of carbonyl (C=O) groups is 3. The minimum absolute atomic E-state index is 0.000216. The summed E-state index contributed by atoms with van der Waals surface area (Å²) in [5.74, 6) is -0.374. The number of rotatable bonds is 6. The molecule has 1 aliphatic heterocycles. The molecule has 9 heteroatoms. The molecule has 4 rings (SSSR count). The highest BCUT2D eigenvalue weighted by atomic mass is 32.1. The van der Waals surface area contributed by atoms with E-state index in [4.69, 9.17) is 0 Å². The molecule has 0 atom stereocenters. The third kappa shape index (κ3) is 4.88. The number of hydrogen-bond acceptors (Lipinski definition) is 6. The van der Waals surface area contributed by atoms with Gasteiger partial charge in [-0.15, -0.1) is 11.3 Å². The summed E-state index contributed by atoms with van der Waals surface area (Å²) < 4.78 is 1.53. The van der Waals surface area contributed by atoms with Crippen LogP contribution in [0.3, 0.4) is 0 Å². The van der Waals surface area contributed by atoms with Crippen LogP contribution in [-0.2, 0) is 11.3 Å².